The third-order valence-corrected chi connectivity index (χ3v) is 5.25. The predicted molar refractivity (Wildman–Crippen MR) is 96.4 cm³/mol. The summed E-state index contributed by atoms with van der Waals surface area (Å²) in [7, 11) is 0. The molecule has 0 spiro atoms. The van der Waals surface area contributed by atoms with Crippen LogP contribution in [0.5, 0.6) is 0 Å². The minimum absolute atomic E-state index is 0.0130. The first kappa shape index (κ1) is 16.1. The van der Waals surface area contributed by atoms with Gasteiger partial charge in [-0.25, -0.2) is 0 Å². The van der Waals surface area contributed by atoms with E-state index in [4.69, 9.17) is 0 Å². The summed E-state index contributed by atoms with van der Waals surface area (Å²) < 4.78 is 0. The molecule has 25 heavy (non-hydrogen) atoms. The summed E-state index contributed by atoms with van der Waals surface area (Å²) in [6.07, 6.45) is 3.19. The molecule has 2 aliphatic rings. The maximum absolute atomic E-state index is 12.7. The van der Waals surface area contributed by atoms with E-state index in [0.717, 1.165) is 36.7 Å². The molecule has 1 aromatic heterocycles. The van der Waals surface area contributed by atoms with E-state index in [1.807, 2.05) is 40.1 Å². The zero-order valence-electron chi connectivity index (χ0n) is 14.3. The molecule has 2 amide bonds. The van der Waals surface area contributed by atoms with Gasteiger partial charge in [0.1, 0.15) is 5.69 Å². The first-order chi connectivity index (χ1) is 12.2. The summed E-state index contributed by atoms with van der Waals surface area (Å²) in [4.78, 5) is 32.2. The van der Waals surface area contributed by atoms with Crippen LogP contribution in [0.4, 0.5) is 0 Å². The highest BCUT2D eigenvalue weighted by molar-refractivity contribution is 5.98. The van der Waals surface area contributed by atoms with Gasteiger partial charge in [-0.1, -0.05) is 24.6 Å². The summed E-state index contributed by atoms with van der Waals surface area (Å²) >= 11 is 0. The number of carbonyl (C=O) groups excluding carboxylic acids is 2. The number of H-pyrrole nitrogens is 1. The standard InChI is InChI=1S/C19H24N4O2/c24-18(16-7-3-4-8-20-16)22-9-11-23(12-10-22)19(25)17-13-14-5-1-2-6-15(14)21-17/h1-2,5-6,13,16,20-21H,3-4,7-12H2. The molecule has 1 aromatic carbocycles. The number of piperidine rings is 1. The molecule has 3 heterocycles. The maximum Gasteiger partial charge on any atom is 0.270 e. The number of nitrogens with one attached hydrogen (secondary N) is 2. The van der Waals surface area contributed by atoms with Crippen LogP contribution in [0.15, 0.2) is 30.3 Å². The van der Waals surface area contributed by atoms with E-state index >= 15 is 0 Å². The van der Waals surface area contributed by atoms with Crippen molar-refractivity contribution in [3.05, 3.63) is 36.0 Å². The van der Waals surface area contributed by atoms with Crippen LogP contribution in [0.25, 0.3) is 10.9 Å². The molecule has 0 aliphatic carbocycles. The molecule has 6 heteroatoms. The second-order valence-electron chi connectivity index (χ2n) is 6.89. The van der Waals surface area contributed by atoms with Crippen molar-refractivity contribution in [2.45, 2.75) is 25.3 Å². The normalized spacial score (nSPS) is 21.5. The van der Waals surface area contributed by atoms with Crippen molar-refractivity contribution in [3.8, 4) is 0 Å². The summed E-state index contributed by atoms with van der Waals surface area (Å²) in [6, 6.07) is 9.76. The molecule has 6 nitrogen and oxygen atoms in total. The van der Waals surface area contributed by atoms with E-state index in [1.165, 1.54) is 0 Å². The van der Waals surface area contributed by atoms with Crippen LogP contribution in [0.1, 0.15) is 29.8 Å². The van der Waals surface area contributed by atoms with E-state index in [1.54, 1.807) is 0 Å². The second kappa shape index (κ2) is 6.88. The van der Waals surface area contributed by atoms with Crippen LogP contribution in [-0.2, 0) is 4.79 Å². The highest BCUT2D eigenvalue weighted by Crippen LogP contribution is 2.17. The monoisotopic (exact) mass is 340 g/mol. The van der Waals surface area contributed by atoms with Crippen molar-refractivity contribution in [1.82, 2.24) is 20.1 Å². The van der Waals surface area contributed by atoms with Crippen molar-refractivity contribution < 1.29 is 9.59 Å². The van der Waals surface area contributed by atoms with Crippen molar-refractivity contribution >= 4 is 22.7 Å². The molecule has 4 rings (SSSR count). The number of hydrogen-bond donors (Lipinski definition) is 2. The Morgan fingerprint density at radius 3 is 2.48 bits per heavy atom. The van der Waals surface area contributed by atoms with Gasteiger partial charge in [-0.15, -0.1) is 0 Å². The number of rotatable bonds is 2. The number of piperazine rings is 1. The van der Waals surface area contributed by atoms with Crippen LogP contribution < -0.4 is 5.32 Å². The number of benzene rings is 1. The molecule has 132 valence electrons. The Hall–Kier alpha value is -2.34. The molecule has 2 fully saturated rings. The molecule has 2 aromatic rings. The molecule has 2 saturated heterocycles. The average Bonchev–Trinajstić information content (AvgIpc) is 3.12. The largest absolute Gasteiger partial charge is 0.351 e. The Bertz CT molecular complexity index is 738. The van der Waals surface area contributed by atoms with Gasteiger partial charge in [-0.3, -0.25) is 9.59 Å². The molecule has 1 atom stereocenters. The fourth-order valence-electron chi connectivity index (χ4n) is 3.77. The van der Waals surface area contributed by atoms with E-state index in [2.05, 4.69) is 10.3 Å². The van der Waals surface area contributed by atoms with Gasteiger partial charge in [-0.05, 0) is 31.5 Å². The minimum Gasteiger partial charge on any atom is -0.351 e. The number of amides is 2. The van der Waals surface area contributed by atoms with Gasteiger partial charge in [0.05, 0.1) is 6.04 Å². The molecule has 1 unspecified atom stereocenters. The Morgan fingerprint density at radius 2 is 1.76 bits per heavy atom. The Labute approximate surface area is 147 Å². The molecule has 2 aliphatic heterocycles. The van der Waals surface area contributed by atoms with Gasteiger partial charge in [0.2, 0.25) is 5.91 Å². The lowest BCUT2D eigenvalue weighted by atomic mass is 10.0. The minimum atomic E-state index is -0.0373. The fraction of sp³-hybridized carbons (Fsp3) is 0.474. The van der Waals surface area contributed by atoms with Crippen LogP contribution in [-0.4, -0.2) is 65.4 Å². The van der Waals surface area contributed by atoms with Gasteiger partial charge in [0.25, 0.3) is 5.91 Å². The number of aromatic nitrogens is 1. The van der Waals surface area contributed by atoms with Crippen molar-refractivity contribution in [3.63, 3.8) is 0 Å². The quantitative estimate of drug-likeness (QED) is 0.872. The number of nitrogens with zero attached hydrogens (tertiary/aromatic N) is 2. The summed E-state index contributed by atoms with van der Waals surface area (Å²) in [6.45, 7) is 3.33. The SMILES string of the molecule is O=C(c1cc2ccccc2[nH]1)N1CCN(C(=O)C2CCCCN2)CC1. The molecular formula is C19H24N4O2. The summed E-state index contributed by atoms with van der Waals surface area (Å²) in [5, 5.41) is 4.36. The molecular weight excluding hydrogens is 316 g/mol. The number of aromatic amines is 1. The fourth-order valence-corrected chi connectivity index (χ4v) is 3.77. The van der Waals surface area contributed by atoms with Gasteiger partial charge >= 0.3 is 0 Å². The van der Waals surface area contributed by atoms with Crippen LogP contribution in [0, 0.1) is 0 Å². The second-order valence-corrected chi connectivity index (χ2v) is 6.89. The predicted octanol–water partition coefficient (Wildman–Crippen LogP) is 1.59. The first-order valence-electron chi connectivity index (χ1n) is 9.11. The van der Waals surface area contributed by atoms with Gasteiger partial charge in [0.15, 0.2) is 0 Å². The molecule has 0 radical (unpaired) electrons. The van der Waals surface area contributed by atoms with Gasteiger partial charge < -0.3 is 20.1 Å². The number of para-hydroxylation sites is 1. The highest BCUT2D eigenvalue weighted by atomic mass is 16.2. The third kappa shape index (κ3) is 3.26. The van der Waals surface area contributed by atoms with Crippen LogP contribution >= 0.6 is 0 Å². The highest BCUT2D eigenvalue weighted by Gasteiger charge is 2.30. The number of fused-ring (bicyclic) bond motifs is 1. The lowest BCUT2D eigenvalue weighted by molar-refractivity contribution is -0.135. The van der Waals surface area contributed by atoms with Crippen molar-refractivity contribution in [2.24, 2.45) is 0 Å². The molecule has 2 N–H and O–H groups in total. The van der Waals surface area contributed by atoms with E-state index < -0.39 is 0 Å². The summed E-state index contributed by atoms with van der Waals surface area (Å²) in [5.41, 5.74) is 1.60. The van der Waals surface area contributed by atoms with E-state index in [-0.39, 0.29) is 17.9 Å². The maximum atomic E-state index is 12.7. The number of carbonyl (C=O) groups is 2. The smallest absolute Gasteiger partial charge is 0.270 e. The van der Waals surface area contributed by atoms with E-state index in [9.17, 15) is 9.59 Å². The van der Waals surface area contributed by atoms with Crippen LogP contribution in [0.3, 0.4) is 0 Å². The van der Waals surface area contributed by atoms with E-state index in [0.29, 0.717) is 31.9 Å². The zero-order chi connectivity index (χ0) is 17.2. The Balaban J connectivity index is 1.37. The lowest BCUT2D eigenvalue weighted by Gasteiger charge is -2.37. The van der Waals surface area contributed by atoms with Gasteiger partial charge in [0, 0.05) is 37.1 Å². The van der Waals surface area contributed by atoms with Crippen LogP contribution in [0.2, 0.25) is 0 Å². The Morgan fingerprint density at radius 1 is 1.00 bits per heavy atom. The van der Waals surface area contributed by atoms with Crippen molar-refractivity contribution in [1.29, 1.82) is 0 Å². The number of hydrogen-bond acceptors (Lipinski definition) is 3. The summed E-state index contributed by atoms with van der Waals surface area (Å²) in [5.74, 6) is 0.205. The zero-order valence-corrected chi connectivity index (χ0v) is 14.3. The molecule has 0 bridgehead atoms. The van der Waals surface area contributed by atoms with Gasteiger partial charge in [-0.2, -0.15) is 0 Å². The van der Waals surface area contributed by atoms with Crippen molar-refractivity contribution in [2.75, 3.05) is 32.7 Å². The lowest BCUT2D eigenvalue weighted by Crippen LogP contribution is -2.55. The Kier molecular flexibility index (Phi) is 4.44. The first-order valence-corrected chi connectivity index (χ1v) is 9.11. The topological polar surface area (TPSA) is 68.4 Å². The average molecular weight is 340 g/mol. The third-order valence-electron chi connectivity index (χ3n) is 5.25. The molecule has 0 saturated carbocycles.